The summed E-state index contributed by atoms with van der Waals surface area (Å²) in [6.07, 6.45) is -4.46. The van der Waals surface area contributed by atoms with Gasteiger partial charge >= 0.3 is 6.36 Å². The van der Waals surface area contributed by atoms with Gasteiger partial charge in [0.05, 0.1) is 5.56 Å². The molecule has 0 fully saturated rings. The summed E-state index contributed by atoms with van der Waals surface area (Å²) in [5, 5.41) is 0. The molecule has 0 heterocycles. The van der Waals surface area contributed by atoms with Crippen LogP contribution in [0.1, 0.15) is 15.9 Å². The summed E-state index contributed by atoms with van der Waals surface area (Å²) < 4.78 is 40.8. The van der Waals surface area contributed by atoms with E-state index in [2.05, 4.69) is 4.74 Å². The van der Waals surface area contributed by atoms with Gasteiger partial charge in [-0.1, -0.05) is 42.0 Å². The fraction of sp³-hybridized carbons (Fsp3) is 0.133. The number of ether oxygens (including phenoxy) is 1. The van der Waals surface area contributed by atoms with Crippen molar-refractivity contribution in [2.45, 2.75) is 13.3 Å². The standard InChI is InChI=1S/C15H11F3O2/c1-10-5-7-11(8-6-10)12-3-2-4-14(13(12)9-19)20-15(16,17)18/h2-9H,1H3. The van der Waals surface area contributed by atoms with Gasteiger partial charge in [-0.05, 0) is 24.1 Å². The minimum atomic E-state index is -4.83. The van der Waals surface area contributed by atoms with E-state index >= 15 is 0 Å². The zero-order valence-electron chi connectivity index (χ0n) is 10.6. The Bertz CT molecular complexity index is 616. The van der Waals surface area contributed by atoms with Crippen LogP contribution in [0.5, 0.6) is 5.75 Å². The lowest BCUT2D eigenvalue weighted by Gasteiger charge is -2.13. The normalized spacial score (nSPS) is 11.2. The molecule has 2 rings (SSSR count). The number of hydrogen-bond acceptors (Lipinski definition) is 2. The Hall–Kier alpha value is -2.30. The minimum absolute atomic E-state index is 0.117. The molecular formula is C15H11F3O2. The lowest BCUT2D eigenvalue weighted by Crippen LogP contribution is -2.18. The number of carbonyl (C=O) groups excluding carboxylic acids is 1. The topological polar surface area (TPSA) is 26.3 Å². The first-order valence-corrected chi connectivity index (χ1v) is 5.81. The van der Waals surface area contributed by atoms with Crippen LogP contribution in [0.3, 0.4) is 0 Å². The highest BCUT2D eigenvalue weighted by Gasteiger charge is 2.32. The molecule has 2 nitrogen and oxygen atoms in total. The Labute approximate surface area is 113 Å². The summed E-state index contributed by atoms with van der Waals surface area (Å²) in [5.41, 5.74) is 1.96. The Kier molecular flexibility index (Phi) is 3.79. The Morgan fingerprint density at radius 1 is 1.05 bits per heavy atom. The maximum absolute atomic E-state index is 12.3. The first kappa shape index (κ1) is 14.1. The lowest BCUT2D eigenvalue weighted by molar-refractivity contribution is -0.274. The van der Waals surface area contributed by atoms with Gasteiger partial charge < -0.3 is 4.74 Å². The predicted octanol–water partition coefficient (Wildman–Crippen LogP) is 4.37. The Balaban J connectivity index is 2.51. The van der Waals surface area contributed by atoms with E-state index in [0.717, 1.165) is 11.6 Å². The van der Waals surface area contributed by atoms with E-state index in [9.17, 15) is 18.0 Å². The second-order valence-electron chi connectivity index (χ2n) is 4.25. The van der Waals surface area contributed by atoms with Crippen molar-refractivity contribution in [3.63, 3.8) is 0 Å². The van der Waals surface area contributed by atoms with E-state index in [-0.39, 0.29) is 5.56 Å². The lowest BCUT2D eigenvalue weighted by atomic mass is 9.99. The number of alkyl halides is 3. The van der Waals surface area contributed by atoms with Crippen LogP contribution in [-0.4, -0.2) is 12.6 Å². The molecule has 20 heavy (non-hydrogen) atoms. The smallest absolute Gasteiger partial charge is 0.405 e. The van der Waals surface area contributed by atoms with Gasteiger partial charge in [-0.2, -0.15) is 0 Å². The number of hydrogen-bond donors (Lipinski definition) is 0. The Morgan fingerprint density at radius 2 is 1.70 bits per heavy atom. The van der Waals surface area contributed by atoms with Gasteiger partial charge in [-0.3, -0.25) is 4.79 Å². The highest BCUT2D eigenvalue weighted by molar-refractivity contribution is 5.91. The molecule has 0 N–H and O–H groups in total. The molecule has 0 amide bonds. The van der Waals surface area contributed by atoms with E-state index in [0.29, 0.717) is 17.4 Å². The third-order valence-electron chi connectivity index (χ3n) is 2.77. The summed E-state index contributed by atoms with van der Waals surface area (Å²) in [5.74, 6) is -0.495. The number of benzene rings is 2. The van der Waals surface area contributed by atoms with Crippen molar-refractivity contribution >= 4 is 6.29 Å². The molecule has 0 aromatic heterocycles. The molecule has 0 aliphatic carbocycles. The fourth-order valence-electron chi connectivity index (χ4n) is 1.86. The third-order valence-corrected chi connectivity index (χ3v) is 2.77. The number of halogens is 3. The molecule has 0 bridgehead atoms. The van der Waals surface area contributed by atoms with Crippen molar-refractivity contribution in [2.75, 3.05) is 0 Å². The van der Waals surface area contributed by atoms with Crippen molar-refractivity contribution in [3.05, 3.63) is 53.6 Å². The van der Waals surface area contributed by atoms with Gasteiger partial charge in [0.2, 0.25) is 0 Å². The van der Waals surface area contributed by atoms with Crippen molar-refractivity contribution < 1.29 is 22.7 Å². The van der Waals surface area contributed by atoms with E-state index < -0.39 is 12.1 Å². The van der Waals surface area contributed by atoms with Crippen LogP contribution in [0, 0.1) is 6.92 Å². The summed E-state index contributed by atoms with van der Waals surface area (Å²) in [7, 11) is 0. The van der Waals surface area contributed by atoms with Crippen LogP contribution in [0.15, 0.2) is 42.5 Å². The zero-order valence-corrected chi connectivity index (χ0v) is 10.6. The molecule has 0 atom stereocenters. The van der Waals surface area contributed by atoms with E-state index in [1.807, 2.05) is 19.1 Å². The number of carbonyl (C=O) groups is 1. The van der Waals surface area contributed by atoms with E-state index in [1.165, 1.54) is 6.07 Å². The predicted molar refractivity (Wildman–Crippen MR) is 68.7 cm³/mol. The highest BCUT2D eigenvalue weighted by Crippen LogP contribution is 2.32. The van der Waals surface area contributed by atoms with Gasteiger partial charge in [0.25, 0.3) is 0 Å². The number of aldehydes is 1. The van der Waals surface area contributed by atoms with Gasteiger partial charge in [0, 0.05) is 0 Å². The molecule has 0 aliphatic heterocycles. The summed E-state index contributed by atoms with van der Waals surface area (Å²) in [6, 6.07) is 11.3. The van der Waals surface area contributed by atoms with Crippen molar-refractivity contribution in [2.24, 2.45) is 0 Å². The Morgan fingerprint density at radius 3 is 2.25 bits per heavy atom. The number of rotatable bonds is 3. The molecule has 0 radical (unpaired) electrons. The fourth-order valence-corrected chi connectivity index (χ4v) is 1.86. The molecule has 5 heteroatoms. The van der Waals surface area contributed by atoms with E-state index in [4.69, 9.17) is 0 Å². The minimum Gasteiger partial charge on any atom is -0.405 e. The molecule has 0 saturated heterocycles. The molecule has 0 unspecified atom stereocenters. The van der Waals surface area contributed by atoms with Crippen molar-refractivity contribution in [3.8, 4) is 16.9 Å². The molecule has 0 spiro atoms. The number of aryl methyl sites for hydroxylation is 1. The largest absolute Gasteiger partial charge is 0.573 e. The average Bonchev–Trinajstić information content (AvgIpc) is 2.37. The SMILES string of the molecule is Cc1ccc(-c2cccc(OC(F)(F)F)c2C=O)cc1. The highest BCUT2D eigenvalue weighted by atomic mass is 19.4. The second kappa shape index (κ2) is 5.36. The van der Waals surface area contributed by atoms with Crippen molar-refractivity contribution in [1.29, 1.82) is 0 Å². The van der Waals surface area contributed by atoms with Crippen LogP contribution < -0.4 is 4.74 Å². The van der Waals surface area contributed by atoms with Crippen LogP contribution in [0.25, 0.3) is 11.1 Å². The first-order valence-electron chi connectivity index (χ1n) is 5.81. The van der Waals surface area contributed by atoms with Crippen LogP contribution in [-0.2, 0) is 0 Å². The molecule has 2 aromatic carbocycles. The van der Waals surface area contributed by atoms with Gasteiger partial charge in [-0.15, -0.1) is 13.2 Å². The quantitative estimate of drug-likeness (QED) is 0.780. The summed E-state index contributed by atoms with van der Waals surface area (Å²) >= 11 is 0. The monoisotopic (exact) mass is 280 g/mol. The van der Waals surface area contributed by atoms with Crippen molar-refractivity contribution in [1.82, 2.24) is 0 Å². The van der Waals surface area contributed by atoms with Gasteiger partial charge in [0.1, 0.15) is 5.75 Å². The maximum atomic E-state index is 12.3. The zero-order chi connectivity index (χ0) is 14.8. The second-order valence-corrected chi connectivity index (χ2v) is 4.25. The first-order chi connectivity index (χ1) is 9.40. The van der Waals surface area contributed by atoms with Gasteiger partial charge in [-0.25, -0.2) is 0 Å². The molecular weight excluding hydrogens is 269 g/mol. The average molecular weight is 280 g/mol. The third kappa shape index (κ3) is 3.17. The maximum Gasteiger partial charge on any atom is 0.573 e. The summed E-state index contributed by atoms with van der Waals surface area (Å²) in [4.78, 5) is 11.1. The van der Waals surface area contributed by atoms with Crippen LogP contribution >= 0.6 is 0 Å². The molecule has 2 aromatic rings. The molecule has 0 aliphatic rings. The summed E-state index contributed by atoms with van der Waals surface area (Å²) in [6.45, 7) is 1.90. The van der Waals surface area contributed by atoms with Gasteiger partial charge in [0.15, 0.2) is 6.29 Å². The van der Waals surface area contributed by atoms with E-state index in [1.54, 1.807) is 18.2 Å². The molecule has 104 valence electrons. The van der Waals surface area contributed by atoms with Crippen LogP contribution in [0.2, 0.25) is 0 Å². The van der Waals surface area contributed by atoms with Crippen LogP contribution in [0.4, 0.5) is 13.2 Å². The molecule has 0 saturated carbocycles.